The van der Waals surface area contributed by atoms with E-state index in [4.69, 9.17) is 0 Å². The molecule has 0 aromatic heterocycles. The molecule has 0 unspecified atom stereocenters. The van der Waals surface area contributed by atoms with Crippen molar-refractivity contribution < 1.29 is 32.7 Å². The average Bonchev–Trinajstić information content (AvgIpc) is 3.08. The minimum Gasteiger partial charge on any atom is -0.309 e. The summed E-state index contributed by atoms with van der Waals surface area (Å²) in [5.41, 5.74) is 6.01. The average molecular weight is 634 g/mol. The molecular formula is C42H26NY-. The first-order valence-corrected chi connectivity index (χ1v) is 14.8. The van der Waals surface area contributed by atoms with Gasteiger partial charge in [-0.05, 0) is 62.3 Å². The summed E-state index contributed by atoms with van der Waals surface area (Å²) in [5, 5.41) is 12.6. The van der Waals surface area contributed by atoms with Crippen LogP contribution in [0.4, 0.5) is 17.1 Å². The second-order valence-corrected chi connectivity index (χ2v) is 11.2. The van der Waals surface area contributed by atoms with E-state index in [2.05, 4.69) is 169 Å². The van der Waals surface area contributed by atoms with Gasteiger partial charge in [0.1, 0.15) is 0 Å². The van der Waals surface area contributed by atoms with E-state index >= 15 is 0 Å². The van der Waals surface area contributed by atoms with Gasteiger partial charge in [0, 0.05) is 54.9 Å². The first-order valence-electron chi connectivity index (χ1n) is 14.8. The van der Waals surface area contributed by atoms with Gasteiger partial charge in [-0.25, -0.2) is 0 Å². The number of nitrogens with zero attached hydrogens (tertiary/aromatic N) is 1. The van der Waals surface area contributed by atoms with Crippen LogP contribution in [0, 0.1) is 6.07 Å². The Morgan fingerprint density at radius 2 is 0.864 bits per heavy atom. The van der Waals surface area contributed by atoms with Gasteiger partial charge in [0.2, 0.25) is 0 Å². The molecule has 0 saturated carbocycles. The zero-order valence-electron chi connectivity index (χ0n) is 24.0. The Morgan fingerprint density at radius 3 is 1.45 bits per heavy atom. The number of rotatable bonds is 4. The van der Waals surface area contributed by atoms with E-state index in [0.29, 0.717) is 0 Å². The Hall–Kier alpha value is -4.56. The Morgan fingerprint density at radius 1 is 0.386 bits per heavy atom. The number of benzene rings is 9. The topological polar surface area (TPSA) is 3.24 Å². The molecule has 9 rings (SSSR count). The van der Waals surface area contributed by atoms with Gasteiger partial charge in [-0.1, -0.05) is 109 Å². The Bertz CT molecular complexity index is 2340. The van der Waals surface area contributed by atoms with E-state index < -0.39 is 0 Å². The normalized spacial score (nSPS) is 11.5. The molecule has 203 valence electrons. The Labute approximate surface area is 281 Å². The largest absolute Gasteiger partial charge is 0.309 e. The molecular weight excluding hydrogens is 607 g/mol. The van der Waals surface area contributed by atoms with Crippen molar-refractivity contribution in [3.8, 4) is 11.1 Å². The smallest absolute Gasteiger partial charge is 0.0618 e. The van der Waals surface area contributed by atoms with E-state index in [9.17, 15) is 0 Å². The molecule has 2 heteroatoms. The second kappa shape index (κ2) is 10.9. The van der Waals surface area contributed by atoms with Crippen molar-refractivity contribution in [2.75, 3.05) is 4.90 Å². The molecule has 1 nitrogen and oxygen atoms in total. The van der Waals surface area contributed by atoms with E-state index in [1.54, 1.807) is 0 Å². The maximum absolute atomic E-state index is 3.33. The summed E-state index contributed by atoms with van der Waals surface area (Å²) in [6.45, 7) is 0. The maximum atomic E-state index is 3.33. The van der Waals surface area contributed by atoms with Crippen molar-refractivity contribution in [3.05, 3.63) is 164 Å². The first-order chi connectivity index (χ1) is 21.4. The molecule has 0 aliphatic rings. The van der Waals surface area contributed by atoms with Crippen LogP contribution in [0.15, 0.2) is 158 Å². The van der Waals surface area contributed by atoms with Gasteiger partial charge in [-0.15, -0.1) is 28.3 Å². The van der Waals surface area contributed by atoms with Crippen molar-refractivity contribution in [3.63, 3.8) is 0 Å². The van der Waals surface area contributed by atoms with Gasteiger partial charge in [-0.2, -0.15) is 18.2 Å². The summed E-state index contributed by atoms with van der Waals surface area (Å²) in [4.78, 5) is 2.41. The quantitative estimate of drug-likeness (QED) is 0.106. The molecule has 0 atom stereocenters. The molecule has 0 fully saturated rings. The zero-order valence-corrected chi connectivity index (χ0v) is 26.9. The van der Waals surface area contributed by atoms with Gasteiger partial charge >= 0.3 is 0 Å². The minimum atomic E-state index is 0. The van der Waals surface area contributed by atoms with Crippen LogP contribution in [-0.2, 0) is 32.7 Å². The van der Waals surface area contributed by atoms with Crippen LogP contribution in [0.25, 0.3) is 65.0 Å². The number of anilines is 3. The molecule has 9 aromatic rings. The van der Waals surface area contributed by atoms with E-state index in [1.165, 1.54) is 70.7 Å². The molecule has 0 aliphatic carbocycles. The van der Waals surface area contributed by atoms with Gasteiger partial charge in [0.15, 0.2) is 0 Å². The maximum Gasteiger partial charge on any atom is 0.0618 e. The number of hydrogen-bond donors (Lipinski definition) is 0. The van der Waals surface area contributed by atoms with Crippen molar-refractivity contribution >= 4 is 70.9 Å². The molecule has 0 amide bonds. The molecule has 9 aromatic carbocycles. The third kappa shape index (κ3) is 4.08. The fraction of sp³-hybridized carbons (Fsp3) is 0. The summed E-state index contributed by atoms with van der Waals surface area (Å²) in [6.07, 6.45) is 0. The fourth-order valence-corrected chi connectivity index (χ4v) is 7.08. The molecule has 0 aliphatic heterocycles. The fourth-order valence-electron chi connectivity index (χ4n) is 7.08. The third-order valence-corrected chi connectivity index (χ3v) is 8.88. The second-order valence-electron chi connectivity index (χ2n) is 11.2. The molecule has 0 heterocycles. The third-order valence-electron chi connectivity index (χ3n) is 8.88. The number of para-hydroxylation sites is 2. The molecule has 0 saturated heterocycles. The summed E-state index contributed by atoms with van der Waals surface area (Å²) >= 11 is 0. The Balaban J connectivity index is 0.00000289. The van der Waals surface area contributed by atoms with Crippen LogP contribution in [0.3, 0.4) is 0 Å². The summed E-state index contributed by atoms with van der Waals surface area (Å²) in [7, 11) is 0. The minimum absolute atomic E-state index is 0. The van der Waals surface area contributed by atoms with E-state index in [-0.39, 0.29) is 32.7 Å². The standard InChI is InChI=1S/C42H26N.Y/c1-3-14-31(15-4-1)43(32-16-5-2-6-17-32)42-37-20-9-7-18-33(37)41(34-19-8-10-21-38(34)42)36-27-25-30-23-22-28-12-11-13-29-24-26-35(36)40(30)39(28)29;/h1-10,12-27H;/q-1;. The summed E-state index contributed by atoms with van der Waals surface area (Å²) in [5.74, 6) is 0. The molecule has 44 heavy (non-hydrogen) atoms. The van der Waals surface area contributed by atoms with Crippen molar-refractivity contribution in [2.45, 2.75) is 0 Å². The molecule has 0 spiro atoms. The van der Waals surface area contributed by atoms with Gasteiger partial charge in [-0.3, -0.25) is 0 Å². The van der Waals surface area contributed by atoms with Crippen LogP contribution >= 0.6 is 0 Å². The number of fused-ring (bicyclic) bond motifs is 2. The van der Waals surface area contributed by atoms with Crippen LogP contribution in [0.5, 0.6) is 0 Å². The molecule has 0 N–H and O–H groups in total. The van der Waals surface area contributed by atoms with E-state index in [1.807, 2.05) is 0 Å². The summed E-state index contributed by atoms with van der Waals surface area (Å²) < 4.78 is 0. The SMILES string of the molecule is [Y].[c-]1cc2ccc3ccc(-c4c5ccccc5c(N(c5ccccc5)c5ccccc5)c5ccccc45)c4ccc(c1)c2c34. The molecule has 0 bridgehead atoms. The monoisotopic (exact) mass is 633 g/mol. The molecule has 1 radical (unpaired) electrons. The summed E-state index contributed by atoms with van der Waals surface area (Å²) in [6, 6.07) is 60.5. The number of hydrogen-bond acceptors (Lipinski definition) is 1. The van der Waals surface area contributed by atoms with Gasteiger partial charge in [0.25, 0.3) is 0 Å². The zero-order chi connectivity index (χ0) is 28.3. The Kier molecular flexibility index (Phi) is 6.67. The van der Waals surface area contributed by atoms with Crippen molar-refractivity contribution in [2.24, 2.45) is 0 Å². The van der Waals surface area contributed by atoms with Crippen LogP contribution in [-0.4, -0.2) is 0 Å². The predicted molar refractivity (Wildman–Crippen MR) is 184 cm³/mol. The predicted octanol–water partition coefficient (Wildman–Crippen LogP) is 11.8. The van der Waals surface area contributed by atoms with Crippen molar-refractivity contribution in [1.29, 1.82) is 0 Å². The van der Waals surface area contributed by atoms with Gasteiger partial charge in [0.05, 0.1) is 5.69 Å². The van der Waals surface area contributed by atoms with Gasteiger partial charge < -0.3 is 4.90 Å². The first kappa shape index (κ1) is 27.0. The van der Waals surface area contributed by atoms with Crippen LogP contribution in [0.2, 0.25) is 0 Å². The van der Waals surface area contributed by atoms with Crippen LogP contribution < -0.4 is 4.90 Å². The van der Waals surface area contributed by atoms with Crippen molar-refractivity contribution in [1.82, 2.24) is 0 Å². The van der Waals surface area contributed by atoms with E-state index in [0.717, 1.165) is 11.4 Å². The van der Waals surface area contributed by atoms with Crippen LogP contribution in [0.1, 0.15) is 0 Å².